The fourth-order valence-electron chi connectivity index (χ4n) is 3.73. The van der Waals surface area contributed by atoms with Crippen LogP contribution in [0.15, 0.2) is 102 Å². The number of aromatic nitrogens is 1. The first kappa shape index (κ1) is 23.5. The number of methoxy groups -OCH3 is 1. The van der Waals surface area contributed by atoms with E-state index in [4.69, 9.17) is 9.47 Å². The number of nitrogens with zero attached hydrogens (tertiary/aromatic N) is 1. The molecule has 0 unspecified atom stereocenters. The Kier molecular flexibility index (Phi) is 8.50. The number of thioether (sulfide) groups is 1. The zero-order valence-corrected chi connectivity index (χ0v) is 20.2. The Balaban J connectivity index is 1.74. The summed E-state index contributed by atoms with van der Waals surface area (Å²) in [6, 6.07) is 30.2. The van der Waals surface area contributed by atoms with Gasteiger partial charge >= 0.3 is 0 Å². The van der Waals surface area contributed by atoms with Crippen molar-refractivity contribution in [2.45, 2.75) is 11.4 Å². The van der Waals surface area contributed by atoms with E-state index in [1.807, 2.05) is 23.5 Å². The minimum atomic E-state index is -0.390. The lowest BCUT2D eigenvalue weighted by Gasteiger charge is -2.34. The lowest BCUT2D eigenvalue weighted by Crippen LogP contribution is -2.25. The van der Waals surface area contributed by atoms with Gasteiger partial charge in [-0.2, -0.15) is 0 Å². The van der Waals surface area contributed by atoms with Gasteiger partial charge in [0.1, 0.15) is 0 Å². The molecule has 0 aliphatic carbocycles. The standard InChI is InChI=1S/C28H27NO2S2/c1-30-17-18-31-21-23-12-14-26(15-13-23)28(24-8-4-2-5-9-24,25-10-6-3-7-11-25)33-19-16-27-20-29-22-32-27/h2-16,19-20,22H,17-18,21H2,1H3/b19-16-. The van der Waals surface area contributed by atoms with Crippen LogP contribution in [-0.4, -0.2) is 25.3 Å². The van der Waals surface area contributed by atoms with Crippen molar-refractivity contribution in [3.05, 3.63) is 129 Å². The normalized spacial score (nSPS) is 11.8. The van der Waals surface area contributed by atoms with Crippen molar-refractivity contribution < 1.29 is 9.47 Å². The third-order valence-electron chi connectivity index (χ3n) is 5.35. The lowest BCUT2D eigenvalue weighted by molar-refractivity contribution is 0.0616. The highest BCUT2D eigenvalue weighted by molar-refractivity contribution is 8.03. The molecule has 33 heavy (non-hydrogen) atoms. The molecule has 0 saturated carbocycles. The van der Waals surface area contributed by atoms with Gasteiger partial charge in [0.15, 0.2) is 0 Å². The summed E-state index contributed by atoms with van der Waals surface area (Å²) in [7, 11) is 1.69. The zero-order chi connectivity index (χ0) is 22.8. The van der Waals surface area contributed by atoms with Crippen molar-refractivity contribution in [3.63, 3.8) is 0 Å². The maximum atomic E-state index is 5.71. The van der Waals surface area contributed by atoms with Crippen LogP contribution in [0.5, 0.6) is 0 Å². The van der Waals surface area contributed by atoms with Crippen molar-refractivity contribution in [1.82, 2.24) is 4.98 Å². The molecule has 4 aromatic rings. The number of thiazole rings is 1. The van der Waals surface area contributed by atoms with Crippen molar-refractivity contribution in [1.29, 1.82) is 0 Å². The Morgan fingerprint density at radius 1 is 0.848 bits per heavy atom. The second-order valence-corrected chi connectivity index (χ2v) is 9.52. The molecule has 3 aromatic carbocycles. The molecule has 1 aromatic heterocycles. The summed E-state index contributed by atoms with van der Waals surface area (Å²) in [6.07, 6.45) is 4.04. The van der Waals surface area contributed by atoms with E-state index in [9.17, 15) is 0 Å². The molecule has 0 fully saturated rings. The van der Waals surface area contributed by atoms with Gasteiger partial charge in [-0.25, -0.2) is 0 Å². The van der Waals surface area contributed by atoms with Gasteiger partial charge in [-0.1, -0.05) is 84.9 Å². The summed E-state index contributed by atoms with van der Waals surface area (Å²) in [4.78, 5) is 5.34. The molecule has 3 nitrogen and oxygen atoms in total. The van der Waals surface area contributed by atoms with Gasteiger partial charge in [-0.05, 0) is 33.7 Å². The minimum absolute atomic E-state index is 0.390. The van der Waals surface area contributed by atoms with Gasteiger partial charge in [0.05, 0.1) is 30.1 Å². The van der Waals surface area contributed by atoms with E-state index >= 15 is 0 Å². The summed E-state index contributed by atoms with van der Waals surface area (Å²) in [5.41, 5.74) is 6.70. The first-order valence-corrected chi connectivity index (χ1v) is 12.6. The predicted octanol–water partition coefficient (Wildman–Crippen LogP) is 7.00. The summed E-state index contributed by atoms with van der Waals surface area (Å²) in [6.45, 7) is 1.77. The molecule has 0 saturated heterocycles. The van der Waals surface area contributed by atoms with Crippen LogP contribution in [0.25, 0.3) is 6.08 Å². The topological polar surface area (TPSA) is 31.4 Å². The first-order valence-electron chi connectivity index (χ1n) is 10.8. The van der Waals surface area contributed by atoms with Crippen LogP contribution < -0.4 is 0 Å². The van der Waals surface area contributed by atoms with Crippen LogP contribution >= 0.6 is 23.1 Å². The van der Waals surface area contributed by atoms with E-state index in [0.717, 1.165) is 10.4 Å². The van der Waals surface area contributed by atoms with Crippen LogP contribution in [0.2, 0.25) is 0 Å². The van der Waals surface area contributed by atoms with E-state index in [1.165, 1.54) is 16.7 Å². The molecule has 5 heteroatoms. The number of hydrogen-bond donors (Lipinski definition) is 0. The molecule has 0 atom stereocenters. The summed E-state index contributed by atoms with van der Waals surface area (Å²) >= 11 is 3.45. The smallest absolute Gasteiger partial charge is 0.0948 e. The number of hydrogen-bond acceptors (Lipinski definition) is 5. The highest BCUT2D eigenvalue weighted by Crippen LogP contribution is 2.49. The second kappa shape index (κ2) is 12.0. The van der Waals surface area contributed by atoms with Gasteiger partial charge in [-0.15, -0.1) is 23.1 Å². The van der Waals surface area contributed by atoms with Gasteiger partial charge in [-0.3, -0.25) is 4.98 Å². The SMILES string of the molecule is COCCOCc1ccc(C(S/C=C\c2cncs2)(c2ccccc2)c2ccccc2)cc1. The van der Waals surface area contributed by atoms with Crippen LogP contribution in [0.4, 0.5) is 0 Å². The first-order chi connectivity index (χ1) is 16.3. The maximum absolute atomic E-state index is 5.71. The molecule has 0 bridgehead atoms. The lowest BCUT2D eigenvalue weighted by atomic mass is 9.84. The molecule has 168 valence electrons. The van der Waals surface area contributed by atoms with Gasteiger partial charge < -0.3 is 9.47 Å². The Bertz CT molecular complexity index is 1070. The molecule has 0 amide bonds. The molecular weight excluding hydrogens is 446 g/mol. The summed E-state index contributed by atoms with van der Waals surface area (Å²) < 4.78 is 10.4. The third kappa shape index (κ3) is 5.81. The summed E-state index contributed by atoms with van der Waals surface area (Å²) in [5.74, 6) is 0. The van der Waals surface area contributed by atoms with Gasteiger partial charge in [0, 0.05) is 18.2 Å². The van der Waals surface area contributed by atoms with E-state index in [0.29, 0.717) is 19.8 Å². The fourth-order valence-corrected chi connectivity index (χ4v) is 5.56. The molecule has 0 spiro atoms. The maximum Gasteiger partial charge on any atom is 0.0948 e. The number of rotatable bonds is 11. The molecule has 0 aliphatic heterocycles. The zero-order valence-electron chi connectivity index (χ0n) is 18.6. The largest absolute Gasteiger partial charge is 0.382 e. The fraction of sp³-hybridized carbons (Fsp3) is 0.179. The Hall–Kier alpha value is -2.70. The molecule has 4 rings (SSSR count). The Morgan fingerprint density at radius 2 is 1.48 bits per heavy atom. The van der Waals surface area contributed by atoms with Gasteiger partial charge in [0.2, 0.25) is 0 Å². The quantitative estimate of drug-likeness (QED) is 0.173. The van der Waals surface area contributed by atoms with Crippen LogP contribution in [-0.2, 0) is 20.8 Å². The monoisotopic (exact) mass is 473 g/mol. The van der Waals surface area contributed by atoms with Crippen molar-refractivity contribution in [2.75, 3.05) is 20.3 Å². The van der Waals surface area contributed by atoms with E-state index < -0.39 is 0 Å². The average Bonchev–Trinajstić information content (AvgIpc) is 3.40. The predicted molar refractivity (Wildman–Crippen MR) is 139 cm³/mol. The van der Waals surface area contributed by atoms with E-state index in [1.54, 1.807) is 18.4 Å². The Labute approximate surface area is 204 Å². The molecular formula is C28H27NO2S2. The second-order valence-electron chi connectivity index (χ2n) is 7.48. The van der Waals surface area contributed by atoms with Crippen molar-refractivity contribution >= 4 is 29.2 Å². The average molecular weight is 474 g/mol. The number of ether oxygens (including phenoxy) is 2. The van der Waals surface area contributed by atoms with Gasteiger partial charge in [0.25, 0.3) is 0 Å². The van der Waals surface area contributed by atoms with Crippen molar-refractivity contribution in [3.8, 4) is 0 Å². The van der Waals surface area contributed by atoms with Crippen molar-refractivity contribution in [2.24, 2.45) is 0 Å². The third-order valence-corrected chi connectivity index (χ3v) is 7.42. The molecule has 0 aliphatic rings. The molecule has 0 N–H and O–H groups in total. The Morgan fingerprint density at radius 3 is 2.06 bits per heavy atom. The van der Waals surface area contributed by atoms with Crippen LogP contribution in [0, 0.1) is 0 Å². The number of benzene rings is 3. The van der Waals surface area contributed by atoms with E-state index in [2.05, 4.69) is 101 Å². The molecule has 1 heterocycles. The van der Waals surface area contributed by atoms with Crippen LogP contribution in [0.3, 0.4) is 0 Å². The van der Waals surface area contributed by atoms with Crippen LogP contribution in [0.1, 0.15) is 27.1 Å². The highest BCUT2D eigenvalue weighted by Gasteiger charge is 2.36. The summed E-state index contributed by atoms with van der Waals surface area (Å²) in [5, 5.41) is 2.19. The minimum Gasteiger partial charge on any atom is -0.382 e. The molecule has 0 radical (unpaired) electrons. The van der Waals surface area contributed by atoms with E-state index in [-0.39, 0.29) is 4.75 Å². The highest BCUT2D eigenvalue weighted by atomic mass is 32.2.